The highest BCUT2D eigenvalue weighted by molar-refractivity contribution is 14.0. The van der Waals surface area contributed by atoms with E-state index in [4.69, 9.17) is 5.26 Å². The zero-order valence-electron chi connectivity index (χ0n) is 16.5. The Morgan fingerprint density at radius 2 is 2.00 bits per heavy atom. The van der Waals surface area contributed by atoms with Gasteiger partial charge in [0.15, 0.2) is 5.96 Å². The molecule has 5 nitrogen and oxygen atoms in total. The first-order valence-corrected chi connectivity index (χ1v) is 9.43. The summed E-state index contributed by atoms with van der Waals surface area (Å²) in [6, 6.07) is 9.73. The number of nitrogens with one attached hydrogen (secondary N) is 2. The van der Waals surface area contributed by atoms with E-state index in [-0.39, 0.29) is 36.6 Å². The lowest BCUT2D eigenvalue weighted by Crippen LogP contribution is -2.44. The van der Waals surface area contributed by atoms with E-state index in [1.54, 1.807) is 0 Å². The monoisotopic (exact) mass is 529 g/mol. The Labute approximate surface area is 191 Å². The highest BCUT2D eigenvalue weighted by Crippen LogP contribution is 2.24. The van der Waals surface area contributed by atoms with Crippen LogP contribution in [0.4, 0.5) is 18.9 Å². The maximum absolute atomic E-state index is 14.0. The van der Waals surface area contributed by atoms with Crippen LogP contribution in [0.5, 0.6) is 0 Å². The maximum Gasteiger partial charge on any atom is 0.191 e. The zero-order valence-corrected chi connectivity index (χ0v) is 18.8. The molecular formula is C21H23F3IN5. The Hall–Kier alpha value is -2.48. The normalized spacial score (nSPS) is 16.0. The second kappa shape index (κ2) is 11.1. The summed E-state index contributed by atoms with van der Waals surface area (Å²) in [5.41, 5.74) is 1.08. The number of nitriles is 1. The van der Waals surface area contributed by atoms with Gasteiger partial charge in [-0.25, -0.2) is 18.2 Å². The van der Waals surface area contributed by atoms with Gasteiger partial charge in [0.2, 0.25) is 0 Å². The fourth-order valence-corrected chi connectivity index (χ4v) is 3.28. The summed E-state index contributed by atoms with van der Waals surface area (Å²) < 4.78 is 41.1. The Kier molecular flexibility index (Phi) is 8.77. The van der Waals surface area contributed by atoms with Crippen LogP contribution in [0.25, 0.3) is 0 Å². The van der Waals surface area contributed by atoms with Gasteiger partial charge >= 0.3 is 0 Å². The topological polar surface area (TPSA) is 63.5 Å². The van der Waals surface area contributed by atoms with E-state index < -0.39 is 17.5 Å². The van der Waals surface area contributed by atoms with Crippen LogP contribution in [0.1, 0.15) is 24.5 Å². The van der Waals surface area contributed by atoms with Gasteiger partial charge in [-0.3, -0.25) is 0 Å². The van der Waals surface area contributed by atoms with Crippen molar-refractivity contribution in [1.29, 1.82) is 5.26 Å². The van der Waals surface area contributed by atoms with Gasteiger partial charge in [0.25, 0.3) is 0 Å². The molecule has 1 aliphatic heterocycles. The fourth-order valence-electron chi connectivity index (χ4n) is 3.28. The van der Waals surface area contributed by atoms with Crippen LogP contribution in [-0.2, 0) is 6.54 Å². The van der Waals surface area contributed by atoms with Crippen molar-refractivity contribution < 1.29 is 13.2 Å². The third-order valence-electron chi connectivity index (χ3n) is 4.71. The van der Waals surface area contributed by atoms with Crippen molar-refractivity contribution >= 4 is 35.6 Å². The van der Waals surface area contributed by atoms with Crippen LogP contribution in [0.2, 0.25) is 0 Å². The lowest BCUT2D eigenvalue weighted by molar-refractivity contribution is 0.580. The van der Waals surface area contributed by atoms with Gasteiger partial charge in [0.1, 0.15) is 17.5 Å². The van der Waals surface area contributed by atoms with E-state index in [1.807, 2.05) is 17.9 Å². The Balaban J connectivity index is 0.00000320. The molecule has 0 spiro atoms. The van der Waals surface area contributed by atoms with E-state index in [2.05, 4.69) is 15.6 Å². The molecule has 3 rings (SSSR count). The third-order valence-corrected chi connectivity index (χ3v) is 4.71. The van der Waals surface area contributed by atoms with E-state index in [0.717, 1.165) is 12.5 Å². The molecule has 160 valence electrons. The van der Waals surface area contributed by atoms with Crippen molar-refractivity contribution in [3.05, 3.63) is 65.0 Å². The summed E-state index contributed by atoms with van der Waals surface area (Å²) in [4.78, 5) is 6.27. The third kappa shape index (κ3) is 6.01. The quantitative estimate of drug-likeness (QED) is 0.350. The predicted octanol–water partition coefficient (Wildman–Crippen LogP) is 3.93. The minimum Gasteiger partial charge on any atom is -0.367 e. The number of halogens is 4. The van der Waals surface area contributed by atoms with Gasteiger partial charge in [-0.2, -0.15) is 5.26 Å². The lowest BCUT2D eigenvalue weighted by atomic mass is 10.1. The van der Waals surface area contributed by atoms with Gasteiger partial charge in [-0.1, -0.05) is 0 Å². The summed E-state index contributed by atoms with van der Waals surface area (Å²) >= 11 is 0. The smallest absolute Gasteiger partial charge is 0.191 e. The standard InChI is InChI=1S/C21H22F3N5.HI/c1-2-26-21(27-12-15-9-14(11-25)3-5-18(15)23)28-17-7-8-29(13-17)20-6-4-16(22)10-19(20)24;/h3-6,9-10,17H,2,7-8,12-13H2,1H3,(H2,26,27,28);1H. The average Bonchev–Trinajstić information content (AvgIpc) is 3.15. The van der Waals surface area contributed by atoms with E-state index >= 15 is 0 Å². The maximum atomic E-state index is 14.0. The molecule has 2 N–H and O–H groups in total. The van der Waals surface area contributed by atoms with E-state index in [0.29, 0.717) is 42.4 Å². The second-order valence-electron chi connectivity index (χ2n) is 6.78. The summed E-state index contributed by atoms with van der Waals surface area (Å²) in [6.07, 6.45) is 0.750. The number of nitrogens with zero attached hydrogens (tertiary/aromatic N) is 3. The van der Waals surface area contributed by atoms with Crippen molar-refractivity contribution in [2.75, 3.05) is 24.5 Å². The molecule has 2 aromatic carbocycles. The van der Waals surface area contributed by atoms with E-state index in [9.17, 15) is 13.2 Å². The molecule has 0 bridgehead atoms. The lowest BCUT2D eigenvalue weighted by Gasteiger charge is -2.21. The van der Waals surface area contributed by atoms with Gasteiger partial charge in [0, 0.05) is 37.3 Å². The Morgan fingerprint density at radius 1 is 1.20 bits per heavy atom. The number of hydrogen-bond acceptors (Lipinski definition) is 3. The van der Waals surface area contributed by atoms with Gasteiger partial charge in [-0.05, 0) is 43.7 Å². The van der Waals surface area contributed by atoms with Crippen LogP contribution >= 0.6 is 24.0 Å². The first-order chi connectivity index (χ1) is 14.0. The number of aliphatic imine (C=N–C) groups is 1. The summed E-state index contributed by atoms with van der Waals surface area (Å²) in [6.45, 7) is 3.78. The van der Waals surface area contributed by atoms with Crippen LogP contribution in [-0.4, -0.2) is 31.6 Å². The Morgan fingerprint density at radius 3 is 2.70 bits per heavy atom. The molecule has 0 amide bonds. The predicted molar refractivity (Wildman–Crippen MR) is 121 cm³/mol. The molecule has 1 heterocycles. The van der Waals surface area contributed by atoms with Crippen LogP contribution in [0.3, 0.4) is 0 Å². The number of hydrogen-bond donors (Lipinski definition) is 2. The Bertz CT molecular complexity index is 945. The van der Waals surface area contributed by atoms with Crippen molar-refractivity contribution in [1.82, 2.24) is 10.6 Å². The molecule has 2 aromatic rings. The molecule has 1 unspecified atom stereocenters. The number of rotatable bonds is 5. The molecule has 0 radical (unpaired) electrons. The first kappa shape index (κ1) is 23.8. The summed E-state index contributed by atoms with van der Waals surface area (Å²) in [5.74, 6) is -1.09. The highest BCUT2D eigenvalue weighted by Gasteiger charge is 2.25. The average molecular weight is 529 g/mol. The van der Waals surface area contributed by atoms with E-state index in [1.165, 1.54) is 30.3 Å². The minimum absolute atomic E-state index is 0. The highest BCUT2D eigenvalue weighted by atomic mass is 127. The fraction of sp³-hybridized carbons (Fsp3) is 0.333. The zero-order chi connectivity index (χ0) is 20.8. The molecule has 1 fully saturated rings. The van der Waals surface area contributed by atoms with Crippen molar-refractivity contribution in [3.63, 3.8) is 0 Å². The summed E-state index contributed by atoms with van der Waals surface area (Å²) in [5, 5.41) is 15.4. The van der Waals surface area contributed by atoms with Crippen LogP contribution < -0.4 is 15.5 Å². The molecule has 1 aliphatic rings. The van der Waals surface area contributed by atoms with Gasteiger partial charge < -0.3 is 15.5 Å². The number of benzene rings is 2. The van der Waals surface area contributed by atoms with Crippen molar-refractivity contribution in [2.45, 2.75) is 25.9 Å². The van der Waals surface area contributed by atoms with Gasteiger partial charge in [0.05, 0.1) is 23.9 Å². The summed E-state index contributed by atoms with van der Waals surface area (Å²) in [7, 11) is 0. The SMILES string of the molecule is CCNC(=NCc1cc(C#N)ccc1F)NC1CCN(c2ccc(F)cc2F)C1.I. The molecule has 0 aliphatic carbocycles. The van der Waals surface area contributed by atoms with Gasteiger partial charge in [-0.15, -0.1) is 24.0 Å². The molecule has 1 atom stereocenters. The first-order valence-electron chi connectivity index (χ1n) is 9.43. The molecule has 1 saturated heterocycles. The number of guanidine groups is 1. The molecule has 0 saturated carbocycles. The number of anilines is 1. The minimum atomic E-state index is -0.602. The molecule has 30 heavy (non-hydrogen) atoms. The second-order valence-corrected chi connectivity index (χ2v) is 6.78. The molecule has 9 heteroatoms. The van der Waals surface area contributed by atoms with Crippen molar-refractivity contribution in [2.24, 2.45) is 4.99 Å². The van der Waals surface area contributed by atoms with Crippen LogP contribution in [0.15, 0.2) is 41.4 Å². The van der Waals surface area contributed by atoms with Crippen molar-refractivity contribution in [3.8, 4) is 6.07 Å². The molecular weight excluding hydrogens is 506 g/mol. The molecule has 0 aromatic heterocycles. The van der Waals surface area contributed by atoms with Crippen LogP contribution in [0, 0.1) is 28.8 Å². The largest absolute Gasteiger partial charge is 0.367 e.